The van der Waals surface area contributed by atoms with E-state index in [1.807, 2.05) is 68.4 Å². The second-order valence-electron chi connectivity index (χ2n) is 8.52. The minimum atomic E-state index is -0.778. The molecular weight excluding hydrogens is 454 g/mol. The Balaban J connectivity index is 1.59. The van der Waals surface area contributed by atoms with Gasteiger partial charge in [0, 0.05) is 37.2 Å². The lowest BCUT2D eigenvalue weighted by Crippen LogP contribution is -2.29. The number of benzene rings is 3. The van der Waals surface area contributed by atoms with Gasteiger partial charge in [0.1, 0.15) is 0 Å². The Hall–Kier alpha value is -3.71. The van der Waals surface area contributed by atoms with Crippen LogP contribution in [0.2, 0.25) is 5.02 Å². The van der Waals surface area contributed by atoms with Crippen molar-refractivity contribution in [2.45, 2.75) is 26.1 Å². The van der Waals surface area contributed by atoms with Crippen molar-refractivity contribution in [3.05, 3.63) is 59.6 Å². The molecular formula is C26H24ClN3O4. The molecule has 5 rings (SSSR count). The summed E-state index contributed by atoms with van der Waals surface area (Å²) >= 11 is 6.14. The Morgan fingerprint density at radius 2 is 1.85 bits per heavy atom. The number of carbonyl (C=O) groups excluding carboxylic acids is 1. The number of rotatable bonds is 4. The van der Waals surface area contributed by atoms with Crippen molar-refractivity contribution in [1.29, 1.82) is 0 Å². The lowest BCUT2D eigenvalue weighted by Gasteiger charge is -2.17. The highest BCUT2D eigenvalue weighted by atomic mass is 35.5. The van der Waals surface area contributed by atoms with E-state index >= 15 is 0 Å². The fourth-order valence-corrected chi connectivity index (χ4v) is 4.20. The predicted octanol–water partition coefficient (Wildman–Crippen LogP) is 6.41. The molecule has 0 radical (unpaired) electrons. The second-order valence-corrected chi connectivity index (χ2v) is 8.95. The lowest BCUT2D eigenvalue weighted by atomic mass is 9.93. The Morgan fingerprint density at radius 1 is 1.06 bits per heavy atom. The minimum absolute atomic E-state index is 0.268. The van der Waals surface area contributed by atoms with Crippen LogP contribution < -0.4 is 19.5 Å². The summed E-state index contributed by atoms with van der Waals surface area (Å²) in [6.45, 7) is 4.28. The molecule has 2 aliphatic rings. The molecule has 0 saturated heterocycles. The van der Waals surface area contributed by atoms with E-state index in [4.69, 9.17) is 25.8 Å². The maximum Gasteiger partial charge on any atom is 0.342 e. The third-order valence-corrected chi connectivity index (χ3v) is 5.86. The van der Waals surface area contributed by atoms with E-state index in [9.17, 15) is 4.79 Å². The van der Waals surface area contributed by atoms with Gasteiger partial charge in [-0.1, -0.05) is 29.8 Å². The quantitative estimate of drug-likeness (QED) is 0.471. The summed E-state index contributed by atoms with van der Waals surface area (Å²) in [5.41, 5.74) is 4.36. The first-order chi connectivity index (χ1) is 16.3. The first-order valence-corrected chi connectivity index (χ1v) is 11.3. The number of nitrogens with zero attached hydrogens (tertiary/aromatic N) is 2. The van der Waals surface area contributed by atoms with Gasteiger partial charge in [-0.05, 0) is 58.7 Å². The van der Waals surface area contributed by atoms with E-state index in [1.54, 1.807) is 13.3 Å². The smallest absolute Gasteiger partial charge is 0.342 e. The van der Waals surface area contributed by atoms with Crippen LogP contribution in [-0.2, 0) is 0 Å². The number of urea groups is 1. The van der Waals surface area contributed by atoms with Gasteiger partial charge in [0.05, 0.1) is 13.7 Å². The number of amides is 2. The average molecular weight is 478 g/mol. The van der Waals surface area contributed by atoms with Gasteiger partial charge in [0.25, 0.3) is 0 Å². The standard InChI is InChI=1S/C26H24ClN3O4/c1-26(2)33-23-14-17(13-22(32-3)24(23)34-26)20-10-9-19(29-25(31)30-12-4-11-28-30)15-21(20)16-5-7-18(27)8-6-16/h5-11,13-15H,4,12H2,1-3H3,(H,29,31). The van der Waals surface area contributed by atoms with Gasteiger partial charge in [-0.3, -0.25) is 0 Å². The third kappa shape index (κ3) is 4.26. The molecule has 174 valence electrons. The summed E-state index contributed by atoms with van der Waals surface area (Å²) in [5, 5.41) is 9.09. The number of carbonyl (C=O) groups is 1. The molecule has 8 heteroatoms. The van der Waals surface area contributed by atoms with Crippen molar-refractivity contribution >= 4 is 29.5 Å². The highest BCUT2D eigenvalue weighted by molar-refractivity contribution is 6.30. The van der Waals surface area contributed by atoms with Crippen LogP contribution >= 0.6 is 11.6 Å². The van der Waals surface area contributed by atoms with Crippen LogP contribution in [0.15, 0.2) is 59.7 Å². The van der Waals surface area contributed by atoms with Gasteiger partial charge >= 0.3 is 6.03 Å². The van der Waals surface area contributed by atoms with Gasteiger partial charge in [-0.2, -0.15) is 5.10 Å². The number of methoxy groups -OCH3 is 1. The molecule has 0 spiro atoms. The van der Waals surface area contributed by atoms with Crippen LogP contribution in [0.4, 0.5) is 10.5 Å². The molecule has 0 aromatic heterocycles. The number of hydrogen-bond donors (Lipinski definition) is 1. The number of hydrogen-bond acceptors (Lipinski definition) is 5. The van der Waals surface area contributed by atoms with Crippen LogP contribution in [0.25, 0.3) is 22.3 Å². The number of halogens is 1. The van der Waals surface area contributed by atoms with Crippen LogP contribution in [0, 0.1) is 0 Å². The van der Waals surface area contributed by atoms with Crippen LogP contribution in [-0.4, -0.2) is 36.7 Å². The molecule has 0 bridgehead atoms. The molecule has 7 nitrogen and oxygen atoms in total. The maximum atomic E-state index is 12.6. The van der Waals surface area contributed by atoms with Crippen molar-refractivity contribution in [3.8, 4) is 39.5 Å². The molecule has 2 amide bonds. The molecule has 0 unspecified atom stereocenters. The predicted molar refractivity (Wildman–Crippen MR) is 133 cm³/mol. The van der Waals surface area contributed by atoms with Crippen LogP contribution in [0.5, 0.6) is 17.2 Å². The lowest BCUT2D eigenvalue weighted by molar-refractivity contribution is -0.0439. The van der Waals surface area contributed by atoms with E-state index in [0.717, 1.165) is 28.7 Å². The highest BCUT2D eigenvalue weighted by Crippen LogP contribution is 2.49. The molecule has 0 saturated carbocycles. The van der Waals surface area contributed by atoms with E-state index in [0.29, 0.717) is 34.5 Å². The Bertz CT molecular complexity index is 1290. The van der Waals surface area contributed by atoms with E-state index in [2.05, 4.69) is 10.4 Å². The molecule has 2 aliphatic heterocycles. The molecule has 0 fully saturated rings. The zero-order valence-corrected chi connectivity index (χ0v) is 19.8. The maximum absolute atomic E-state index is 12.6. The summed E-state index contributed by atoms with van der Waals surface area (Å²) in [6, 6.07) is 17.0. The molecule has 3 aromatic rings. The highest BCUT2D eigenvalue weighted by Gasteiger charge is 2.35. The topological polar surface area (TPSA) is 72.4 Å². The Labute approximate surface area is 202 Å². The minimum Gasteiger partial charge on any atom is -0.493 e. The monoisotopic (exact) mass is 477 g/mol. The first-order valence-electron chi connectivity index (χ1n) is 10.9. The number of anilines is 1. The number of hydrazone groups is 1. The molecule has 3 aromatic carbocycles. The molecule has 2 heterocycles. The summed E-state index contributed by atoms with van der Waals surface area (Å²) in [5.74, 6) is 1.01. The van der Waals surface area contributed by atoms with Gasteiger partial charge in [-0.25, -0.2) is 9.80 Å². The van der Waals surface area contributed by atoms with Gasteiger partial charge in [-0.15, -0.1) is 0 Å². The SMILES string of the molecule is COc1cc(-c2ccc(NC(=O)N3CCC=N3)cc2-c2ccc(Cl)cc2)cc2c1OC(C)(C)O2. The molecule has 0 atom stereocenters. The Morgan fingerprint density at radius 3 is 2.56 bits per heavy atom. The van der Waals surface area contributed by atoms with E-state index in [1.165, 1.54) is 5.01 Å². The summed E-state index contributed by atoms with van der Waals surface area (Å²) in [7, 11) is 1.60. The van der Waals surface area contributed by atoms with Crippen molar-refractivity contribution < 1.29 is 19.0 Å². The average Bonchev–Trinajstić information content (AvgIpc) is 3.45. The van der Waals surface area contributed by atoms with Gasteiger partial charge < -0.3 is 19.5 Å². The second kappa shape index (κ2) is 8.57. The summed E-state index contributed by atoms with van der Waals surface area (Å²) in [4.78, 5) is 12.6. The number of ether oxygens (including phenoxy) is 3. The van der Waals surface area contributed by atoms with E-state index < -0.39 is 5.79 Å². The zero-order chi connectivity index (χ0) is 23.9. The summed E-state index contributed by atoms with van der Waals surface area (Å²) in [6.07, 6.45) is 2.49. The Kier molecular flexibility index (Phi) is 5.57. The fourth-order valence-electron chi connectivity index (χ4n) is 4.07. The fraction of sp³-hybridized carbons (Fsp3) is 0.231. The normalized spacial score (nSPS) is 15.5. The van der Waals surface area contributed by atoms with Gasteiger partial charge in [0.2, 0.25) is 11.5 Å². The van der Waals surface area contributed by atoms with Crippen molar-refractivity contribution in [2.24, 2.45) is 5.10 Å². The largest absolute Gasteiger partial charge is 0.493 e. The zero-order valence-electron chi connectivity index (χ0n) is 19.1. The third-order valence-electron chi connectivity index (χ3n) is 5.61. The van der Waals surface area contributed by atoms with Crippen LogP contribution in [0.3, 0.4) is 0 Å². The summed E-state index contributed by atoms with van der Waals surface area (Å²) < 4.78 is 17.5. The van der Waals surface area contributed by atoms with Gasteiger partial charge in [0.15, 0.2) is 11.5 Å². The molecule has 0 aliphatic carbocycles. The first kappa shape index (κ1) is 22.1. The van der Waals surface area contributed by atoms with Crippen molar-refractivity contribution in [2.75, 3.05) is 19.0 Å². The molecule has 1 N–H and O–H groups in total. The number of fused-ring (bicyclic) bond motifs is 1. The van der Waals surface area contributed by atoms with Crippen LogP contribution in [0.1, 0.15) is 20.3 Å². The van der Waals surface area contributed by atoms with E-state index in [-0.39, 0.29) is 6.03 Å². The van der Waals surface area contributed by atoms with Crippen molar-refractivity contribution in [3.63, 3.8) is 0 Å². The molecule has 34 heavy (non-hydrogen) atoms. The number of nitrogens with one attached hydrogen (secondary N) is 1. The van der Waals surface area contributed by atoms with Crippen molar-refractivity contribution in [1.82, 2.24) is 5.01 Å².